The molecule has 0 unspecified atom stereocenters. The standard InChI is InChI=1S/C24H26N2O2/c1-28-19-10-11-20-21(18-8-4-2-5-9-18)17-24(13-6-3-7-14-24)26-23(27)12-15-25(26)22(20)16-19/h2,4-5,8-11,16-17H,3,6-7,12-15H2,1H3. The Labute approximate surface area is 166 Å². The van der Waals surface area contributed by atoms with E-state index in [1.54, 1.807) is 7.11 Å². The summed E-state index contributed by atoms with van der Waals surface area (Å²) in [6.07, 6.45) is 8.60. The molecule has 2 heterocycles. The fourth-order valence-corrected chi connectivity index (χ4v) is 5.12. The van der Waals surface area contributed by atoms with Crippen LogP contribution in [0.1, 0.15) is 49.7 Å². The van der Waals surface area contributed by atoms with Gasteiger partial charge in [-0.25, -0.2) is 5.01 Å². The van der Waals surface area contributed by atoms with Gasteiger partial charge in [0, 0.05) is 24.6 Å². The van der Waals surface area contributed by atoms with E-state index in [-0.39, 0.29) is 11.4 Å². The number of benzene rings is 2. The zero-order chi connectivity index (χ0) is 19.1. The number of anilines is 1. The molecule has 144 valence electrons. The number of amides is 1. The van der Waals surface area contributed by atoms with E-state index in [2.05, 4.69) is 58.6 Å². The molecule has 5 rings (SSSR count). The van der Waals surface area contributed by atoms with Gasteiger partial charge in [0.25, 0.3) is 0 Å². The van der Waals surface area contributed by atoms with Crippen molar-refractivity contribution in [2.75, 3.05) is 18.7 Å². The highest BCUT2D eigenvalue weighted by Crippen LogP contribution is 2.48. The van der Waals surface area contributed by atoms with Gasteiger partial charge in [-0.05, 0) is 42.2 Å². The van der Waals surface area contributed by atoms with Crippen molar-refractivity contribution in [1.82, 2.24) is 5.01 Å². The molecular formula is C24H26N2O2. The number of nitrogens with zero attached hydrogens (tertiary/aromatic N) is 2. The first-order valence-electron chi connectivity index (χ1n) is 10.3. The highest BCUT2D eigenvalue weighted by Gasteiger charge is 2.48. The number of fused-ring (bicyclic) bond motifs is 4. The number of hydrazine groups is 1. The molecule has 3 aliphatic rings. The summed E-state index contributed by atoms with van der Waals surface area (Å²) in [6.45, 7) is 0.733. The molecule has 2 aromatic rings. The Morgan fingerprint density at radius 2 is 1.79 bits per heavy atom. The van der Waals surface area contributed by atoms with Crippen LogP contribution in [0.25, 0.3) is 5.57 Å². The normalized spacial score (nSPS) is 20.5. The summed E-state index contributed by atoms with van der Waals surface area (Å²) in [6, 6.07) is 16.8. The van der Waals surface area contributed by atoms with Gasteiger partial charge in [-0.3, -0.25) is 9.80 Å². The van der Waals surface area contributed by atoms with Gasteiger partial charge >= 0.3 is 0 Å². The Morgan fingerprint density at radius 3 is 2.54 bits per heavy atom. The predicted octanol–water partition coefficient (Wildman–Crippen LogP) is 4.80. The highest BCUT2D eigenvalue weighted by atomic mass is 16.5. The van der Waals surface area contributed by atoms with Crippen LogP contribution in [-0.2, 0) is 4.79 Å². The van der Waals surface area contributed by atoms with Crippen LogP contribution in [0.4, 0.5) is 5.69 Å². The summed E-state index contributed by atoms with van der Waals surface area (Å²) in [5, 5.41) is 4.30. The van der Waals surface area contributed by atoms with E-state index in [0.29, 0.717) is 6.42 Å². The number of carbonyl (C=O) groups is 1. The maximum Gasteiger partial charge on any atom is 0.243 e. The minimum Gasteiger partial charge on any atom is -0.497 e. The van der Waals surface area contributed by atoms with Crippen LogP contribution in [0, 0.1) is 0 Å². The lowest BCUT2D eigenvalue weighted by molar-refractivity contribution is -0.133. The van der Waals surface area contributed by atoms with Gasteiger partial charge < -0.3 is 4.74 Å². The summed E-state index contributed by atoms with van der Waals surface area (Å²) in [5.41, 5.74) is 4.44. The zero-order valence-corrected chi connectivity index (χ0v) is 16.4. The SMILES string of the molecule is COc1ccc2c(c1)N1CCC(=O)N1C1(C=C2c2ccccc2)CCCCC1. The van der Waals surface area contributed by atoms with Crippen molar-refractivity contribution in [3.63, 3.8) is 0 Å². The molecule has 4 nitrogen and oxygen atoms in total. The maximum atomic E-state index is 13.1. The number of hydrogen-bond acceptors (Lipinski definition) is 3. The zero-order valence-electron chi connectivity index (χ0n) is 16.4. The Balaban J connectivity index is 1.78. The Morgan fingerprint density at radius 1 is 1.00 bits per heavy atom. The van der Waals surface area contributed by atoms with E-state index in [4.69, 9.17) is 4.74 Å². The minimum atomic E-state index is -0.233. The predicted molar refractivity (Wildman–Crippen MR) is 111 cm³/mol. The topological polar surface area (TPSA) is 32.8 Å². The fraction of sp³-hybridized carbons (Fsp3) is 0.375. The van der Waals surface area contributed by atoms with Crippen LogP contribution in [0.5, 0.6) is 5.75 Å². The second kappa shape index (κ2) is 6.69. The molecule has 2 aromatic carbocycles. The van der Waals surface area contributed by atoms with E-state index < -0.39 is 0 Å². The Bertz CT molecular complexity index is 929. The van der Waals surface area contributed by atoms with Crippen molar-refractivity contribution >= 4 is 17.2 Å². The summed E-state index contributed by atoms with van der Waals surface area (Å²) < 4.78 is 5.52. The van der Waals surface area contributed by atoms with Crippen molar-refractivity contribution in [1.29, 1.82) is 0 Å². The first-order valence-corrected chi connectivity index (χ1v) is 10.3. The lowest BCUT2D eigenvalue weighted by Crippen LogP contribution is -2.55. The summed E-state index contributed by atoms with van der Waals surface area (Å²) in [5.74, 6) is 1.06. The molecule has 1 amide bonds. The summed E-state index contributed by atoms with van der Waals surface area (Å²) in [4.78, 5) is 13.1. The number of hydrogen-bond donors (Lipinski definition) is 0. The summed E-state index contributed by atoms with van der Waals surface area (Å²) in [7, 11) is 1.70. The van der Waals surface area contributed by atoms with E-state index in [1.807, 2.05) is 6.07 Å². The lowest BCUT2D eigenvalue weighted by Gasteiger charge is -2.46. The van der Waals surface area contributed by atoms with Crippen molar-refractivity contribution in [2.45, 2.75) is 44.1 Å². The second-order valence-corrected chi connectivity index (χ2v) is 8.05. The van der Waals surface area contributed by atoms with Gasteiger partial charge in [0.15, 0.2) is 0 Å². The largest absolute Gasteiger partial charge is 0.497 e. The molecule has 0 aromatic heterocycles. The van der Waals surface area contributed by atoms with Gasteiger partial charge in [-0.2, -0.15) is 0 Å². The molecule has 0 N–H and O–H groups in total. The van der Waals surface area contributed by atoms with Crippen molar-refractivity contribution in [2.24, 2.45) is 0 Å². The summed E-state index contributed by atoms with van der Waals surface area (Å²) >= 11 is 0. The second-order valence-electron chi connectivity index (χ2n) is 8.05. The third-order valence-electron chi connectivity index (χ3n) is 6.43. The first-order chi connectivity index (χ1) is 13.7. The van der Waals surface area contributed by atoms with Crippen LogP contribution < -0.4 is 9.75 Å². The first kappa shape index (κ1) is 17.4. The van der Waals surface area contributed by atoms with Crippen molar-refractivity contribution in [3.8, 4) is 5.75 Å². The third-order valence-corrected chi connectivity index (χ3v) is 6.43. The molecule has 1 spiro atoms. The van der Waals surface area contributed by atoms with Gasteiger partial charge in [0.1, 0.15) is 5.75 Å². The molecular weight excluding hydrogens is 348 g/mol. The fourth-order valence-electron chi connectivity index (χ4n) is 5.12. The highest BCUT2D eigenvalue weighted by molar-refractivity contribution is 5.93. The van der Waals surface area contributed by atoms with Crippen LogP contribution in [-0.4, -0.2) is 30.1 Å². The van der Waals surface area contributed by atoms with Crippen LogP contribution in [0.15, 0.2) is 54.6 Å². The molecule has 1 saturated carbocycles. The lowest BCUT2D eigenvalue weighted by atomic mass is 9.78. The average Bonchev–Trinajstić information content (AvgIpc) is 3.10. The molecule has 2 aliphatic heterocycles. The molecule has 28 heavy (non-hydrogen) atoms. The molecule has 2 fully saturated rings. The smallest absolute Gasteiger partial charge is 0.243 e. The number of rotatable bonds is 2. The van der Waals surface area contributed by atoms with E-state index >= 15 is 0 Å². The van der Waals surface area contributed by atoms with Crippen molar-refractivity contribution < 1.29 is 9.53 Å². The molecule has 0 bridgehead atoms. The van der Waals surface area contributed by atoms with E-state index in [9.17, 15) is 4.79 Å². The molecule has 0 atom stereocenters. The average molecular weight is 374 g/mol. The van der Waals surface area contributed by atoms with E-state index in [0.717, 1.165) is 43.7 Å². The van der Waals surface area contributed by atoms with Gasteiger partial charge in [-0.15, -0.1) is 0 Å². The van der Waals surface area contributed by atoms with Crippen LogP contribution in [0.3, 0.4) is 0 Å². The number of methoxy groups -OCH3 is 1. The third kappa shape index (κ3) is 2.62. The minimum absolute atomic E-state index is 0.233. The van der Waals surface area contributed by atoms with Crippen molar-refractivity contribution in [3.05, 3.63) is 65.7 Å². The molecule has 0 radical (unpaired) electrons. The Hall–Kier alpha value is -2.75. The Kier molecular flexibility index (Phi) is 4.15. The van der Waals surface area contributed by atoms with E-state index in [1.165, 1.54) is 23.1 Å². The monoisotopic (exact) mass is 374 g/mol. The van der Waals surface area contributed by atoms with Gasteiger partial charge in [-0.1, -0.05) is 49.6 Å². The molecule has 1 aliphatic carbocycles. The quantitative estimate of drug-likeness (QED) is 0.757. The van der Waals surface area contributed by atoms with Crippen LogP contribution >= 0.6 is 0 Å². The van der Waals surface area contributed by atoms with Gasteiger partial charge in [0.05, 0.1) is 18.3 Å². The maximum absolute atomic E-state index is 13.1. The molecule has 4 heteroatoms. The number of carbonyl (C=O) groups excluding carboxylic acids is 1. The van der Waals surface area contributed by atoms with Gasteiger partial charge in [0.2, 0.25) is 5.91 Å². The number of ether oxygens (including phenoxy) is 1. The van der Waals surface area contributed by atoms with Crippen LogP contribution in [0.2, 0.25) is 0 Å². The molecule has 1 saturated heterocycles.